The van der Waals surface area contributed by atoms with Gasteiger partial charge in [-0.1, -0.05) is 32.6 Å². The molecule has 0 saturated carbocycles. The van der Waals surface area contributed by atoms with Crippen LogP contribution in [0.25, 0.3) is 16.7 Å². The molecule has 3 rings (SSSR count). The maximum Gasteiger partial charge on any atom is 0.302 e. The number of allylic oxidation sites excluding steroid dienone is 2. The molecule has 0 bridgehead atoms. The Labute approximate surface area is 164 Å². The molecule has 0 saturated heterocycles. The highest BCUT2D eigenvalue weighted by Crippen LogP contribution is 2.36. The second-order valence-electron chi connectivity index (χ2n) is 5.71. The van der Waals surface area contributed by atoms with Crippen LogP contribution < -0.4 is 10.1 Å². The minimum atomic E-state index is -0.982. The number of fused-ring (bicyclic) bond motifs is 1. The van der Waals surface area contributed by atoms with Crippen molar-refractivity contribution in [1.82, 2.24) is 14.9 Å². The predicted octanol–water partition coefficient (Wildman–Crippen LogP) is 4.66. The Hall–Kier alpha value is -2.67. The predicted molar refractivity (Wildman–Crippen MR) is 108 cm³/mol. The standard InChI is InChI=1S/C19H21F2N3O2.C2H6/c1-5-11-14(22-4)10-26-18(11)15(6-2)24-17-13(23-19(24)25-7-3)9-8-12(20)16(17)21;1-2/h5-6,8-9,14,22H,1,7,10H2,2-4H3;1-2H3/b15-6+;. The highest BCUT2D eigenvalue weighted by atomic mass is 19.2. The molecule has 1 unspecified atom stereocenters. The molecular formula is C21H27F2N3O2. The number of rotatable bonds is 6. The maximum atomic E-state index is 14.6. The summed E-state index contributed by atoms with van der Waals surface area (Å²) in [4.78, 5) is 4.31. The number of hydrogen-bond acceptors (Lipinski definition) is 4. The first-order valence-electron chi connectivity index (χ1n) is 9.40. The fourth-order valence-corrected chi connectivity index (χ4v) is 3.09. The van der Waals surface area contributed by atoms with Gasteiger partial charge in [0.05, 0.1) is 23.9 Å². The van der Waals surface area contributed by atoms with Gasteiger partial charge in [-0.05, 0) is 33.0 Å². The minimum Gasteiger partial charge on any atom is -0.489 e. The van der Waals surface area contributed by atoms with Gasteiger partial charge in [0.2, 0.25) is 0 Å². The molecule has 2 aromatic rings. The third-order valence-electron chi connectivity index (χ3n) is 4.30. The van der Waals surface area contributed by atoms with Crippen molar-refractivity contribution >= 4 is 16.7 Å². The van der Waals surface area contributed by atoms with Crippen LogP contribution in [0.2, 0.25) is 0 Å². The summed E-state index contributed by atoms with van der Waals surface area (Å²) < 4.78 is 41.4. The number of likely N-dealkylation sites (N-methyl/N-ethyl adjacent to an activating group) is 1. The molecule has 0 aliphatic carbocycles. The highest BCUT2D eigenvalue weighted by Gasteiger charge is 2.30. The molecule has 0 spiro atoms. The molecule has 0 fully saturated rings. The van der Waals surface area contributed by atoms with Crippen LogP contribution in [0.5, 0.6) is 6.01 Å². The SMILES string of the molecule is C=CC1=C(/C(=C\C)n2c(OCC)nc3ccc(F)c(F)c32)OCC1NC.CC. The summed E-state index contributed by atoms with van der Waals surface area (Å²) in [6.45, 7) is 12.2. The Morgan fingerprint density at radius 1 is 1.43 bits per heavy atom. The van der Waals surface area contributed by atoms with Gasteiger partial charge in [0, 0.05) is 5.57 Å². The van der Waals surface area contributed by atoms with Crippen molar-refractivity contribution in [3.05, 3.63) is 53.8 Å². The van der Waals surface area contributed by atoms with E-state index < -0.39 is 11.6 Å². The van der Waals surface area contributed by atoms with Crippen molar-refractivity contribution in [3.8, 4) is 6.01 Å². The number of imidazole rings is 1. The minimum absolute atomic E-state index is 0.00831. The van der Waals surface area contributed by atoms with Crippen molar-refractivity contribution in [2.45, 2.75) is 33.7 Å². The Balaban J connectivity index is 0.00000136. The zero-order valence-corrected chi connectivity index (χ0v) is 17.0. The van der Waals surface area contributed by atoms with Crippen molar-refractivity contribution in [1.29, 1.82) is 0 Å². The quantitative estimate of drug-likeness (QED) is 0.778. The number of aromatic nitrogens is 2. The third kappa shape index (κ3) is 3.67. The van der Waals surface area contributed by atoms with Crippen LogP contribution in [-0.2, 0) is 4.74 Å². The first-order valence-corrected chi connectivity index (χ1v) is 9.40. The first-order chi connectivity index (χ1) is 13.6. The highest BCUT2D eigenvalue weighted by molar-refractivity contribution is 5.84. The van der Waals surface area contributed by atoms with Crippen LogP contribution in [0.3, 0.4) is 0 Å². The summed E-state index contributed by atoms with van der Waals surface area (Å²) in [6, 6.07) is 2.61. The normalized spacial score (nSPS) is 16.7. The molecule has 1 atom stereocenters. The largest absolute Gasteiger partial charge is 0.489 e. The van der Waals surface area contributed by atoms with Crippen LogP contribution in [0.4, 0.5) is 8.78 Å². The third-order valence-corrected chi connectivity index (χ3v) is 4.30. The van der Waals surface area contributed by atoms with E-state index in [2.05, 4.69) is 16.9 Å². The van der Waals surface area contributed by atoms with Crippen LogP contribution in [0, 0.1) is 11.6 Å². The molecule has 0 amide bonds. The van der Waals surface area contributed by atoms with E-state index in [-0.39, 0.29) is 17.6 Å². The molecule has 0 radical (unpaired) electrons. The van der Waals surface area contributed by atoms with Gasteiger partial charge < -0.3 is 14.8 Å². The van der Waals surface area contributed by atoms with E-state index in [9.17, 15) is 8.78 Å². The van der Waals surface area contributed by atoms with Crippen LogP contribution in [-0.4, -0.2) is 35.9 Å². The van der Waals surface area contributed by atoms with Crippen LogP contribution >= 0.6 is 0 Å². The summed E-state index contributed by atoms with van der Waals surface area (Å²) in [5, 5.41) is 3.15. The van der Waals surface area contributed by atoms with Gasteiger partial charge >= 0.3 is 6.01 Å². The van der Waals surface area contributed by atoms with Crippen LogP contribution in [0.15, 0.2) is 42.2 Å². The van der Waals surface area contributed by atoms with Gasteiger partial charge in [0.1, 0.15) is 17.9 Å². The lowest BCUT2D eigenvalue weighted by Crippen LogP contribution is -2.27. The Morgan fingerprint density at radius 3 is 2.71 bits per heavy atom. The molecule has 1 aromatic carbocycles. The molecule has 1 N–H and O–H groups in total. The smallest absolute Gasteiger partial charge is 0.302 e. The van der Waals surface area contributed by atoms with E-state index in [1.54, 1.807) is 26.0 Å². The van der Waals surface area contributed by atoms with E-state index >= 15 is 0 Å². The second kappa shape index (κ2) is 9.50. The lowest BCUT2D eigenvalue weighted by atomic mass is 10.1. The number of hydrogen-bond donors (Lipinski definition) is 1. The molecule has 1 aromatic heterocycles. The van der Waals surface area contributed by atoms with Crippen LogP contribution in [0.1, 0.15) is 27.7 Å². The molecule has 7 heteroatoms. The number of nitrogens with one attached hydrogen (secondary N) is 1. The van der Waals surface area contributed by atoms with Gasteiger partial charge in [0.15, 0.2) is 11.6 Å². The summed E-state index contributed by atoms with van der Waals surface area (Å²) in [5.74, 6) is -1.40. The molecular weight excluding hydrogens is 364 g/mol. The summed E-state index contributed by atoms with van der Waals surface area (Å²) >= 11 is 0. The van der Waals surface area contributed by atoms with Gasteiger partial charge in [-0.2, -0.15) is 4.98 Å². The van der Waals surface area contributed by atoms with E-state index in [0.717, 1.165) is 11.6 Å². The molecule has 1 aliphatic rings. The molecule has 152 valence electrons. The number of nitrogens with zero attached hydrogens (tertiary/aromatic N) is 2. The van der Waals surface area contributed by atoms with Crippen molar-refractivity contribution in [2.24, 2.45) is 0 Å². The van der Waals surface area contributed by atoms with Gasteiger partial charge in [-0.25, -0.2) is 8.78 Å². The zero-order chi connectivity index (χ0) is 20.8. The Morgan fingerprint density at radius 2 is 2.14 bits per heavy atom. The summed E-state index contributed by atoms with van der Waals surface area (Å²) in [7, 11) is 1.82. The van der Waals surface area contributed by atoms with Crippen molar-refractivity contribution in [3.63, 3.8) is 0 Å². The topological polar surface area (TPSA) is 48.3 Å². The molecule has 2 heterocycles. The first kappa shape index (κ1) is 21.6. The van der Waals surface area contributed by atoms with E-state index in [1.165, 1.54) is 10.6 Å². The lowest BCUT2D eigenvalue weighted by Gasteiger charge is -2.15. The van der Waals surface area contributed by atoms with Crippen molar-refractivity contribution < 1.29 is 18.3 Å². The number of benzene rings is 1. The average molecular weight is 391 g/mol. The Bertz CT molecular complexity index is 916. The van der Waals surface area contributed by atoms with Gasteiger partial charge in [-0.15, -0.1) is 0 Å². The van der Waals surface area contributed by atoms with Gasteiger partial charge in [-0.3, -0.25) is 4.57 Å². The zero-order valence-electron chi connectivity index (χ0n) is 17.0. The molecule has 1 aliphatic heterocycles. The number of halogens is 2. The Kier molecular flexibility index (Phi) is 7.34. The summed E-state index contributed by atoms with van der Waals surface area (Å²) in [6.07, 6.45) is 3.45. The fraction of sp³-hybridized carbons (Fsp3) is 0.381. The average Bonchev–Trinajstić information content (AvgIpc) is 3.29. The second-order valence-corrected chi connectivity index (χ2v) is 5.71. The van der Waals surface area contributed by atoms with Crippen molar-refractivity contribution in [2.75, 3.05) is 20.3 Å². The molecule has 5 nitrogen and oxygen atoms in total. The van der Waals surface area contributed by atoms with E-state index in [1.807, 2.05) is 20.9 Å². The summed E-state index contributed by atoms with van der Waals surface area (Å²) in [5.41, 5.74) is 1.67. The number of ether oxygens (including phenoxy) is 2. The fourth-order valence-electron chi connectivity index (χ4n) is 3.09. The van der Waals surface area contributed by atoms with E-state index in [4.69, 9.17) is 9.47 Å². The maximum absolute atomic E-state index is 14.6. The van der Waals surface area contributed by atoms with Gasteiger partial charge in [0.25, 0.3) is 0 Å². The van der Waals surface area contributed by atoms with E-state index in [0.29, 0.717) is 30.2 Å². The molecule has 28 heavy (non-hydrogen) atoms. The lowest BCUT2D eigenvalue weighted by molar-refractivity contribution is 0.239. The monoisotopic (exact) mass is 391 g/mol.